The monoisotopic (exact) mass is 359 g/mol. The van der Waals surface area contributed by atoms with E-state index in [1.165, 1.54) is 5.56 Å². The number of nitrogens with one attached hydrogen (secondary N) is 1. The van der Waals surface area contributed by atoms with Crippen molar-refractivity contribution in [3.05, 3.63) is 64.2 Å². The molecule has 0 unspecified atom stereocenters. The van der Waals surface area contributed by atoms with Crippen molar-refractivity contribution in [1.29, 1.82) is 0 Å². The highest BCUT2D eigenvalue weighted by Crippen LogP contribution is 2.31. The molecule has 0 bridgehead atoms. The van der Waals surface area contributed by atoms with E-state index < -0.39 is 0 Å². The molecule has 0 aliphatic carbocycles. The van der Waals surface area contributed by atoms with Gasteiger partial charge in [0, 0.05) is 28.2 Å². The number of hydrogen-bond donors (Lipinski definition) is 1. The first-order valence-electron chi connectivity index (χ1n) is 8.64. The predicted octanol–water partition coefficient (Wildman–Crippen LogP) is 5.36. The fourth-order valence-electron chi connectivity index (χ4n) is 3.18. The molecule has 0 aliphatic rings. The molecular formula is C21H26ClNO2. The minimum absolute atomic E-state index is 0.0545. The van der Waals surface area contributed by atoms with Gasteiger partial charge in [-0.05, 0) is 55.7 Å². The molecule has 0 saturated heterocycles. The number of halogens is 1. The zero-order valence-corrected chi connectivity index (χ0v) is 16.1. The van der Waals surface area contributed by atoms with E-state index in [0.29, 0.717) is 12.1 Å². The molecule has 0 heterocycles. The lowest BCUT2D eigenvalue weighted by Crippen LogP contribution is -2.41. The normalized spacial score (nSPS) is 11.4. The van der Waals surface area contributed by atoms with Crippen LogP contribution in [0.15, 0.2) is 42.5 Å². The van der Waals surface area contributed by atoms with Gasteiger partial charge in [0.1, 0.15) is 5.75 Å². The number of rotatable bonds is 8. The highest BCUT2D eigenvalue weighted by atomic mass is 35.5. The van der Waals surface area contributed by atoms with Gasteiger partial charge in [0.2, 0.25) is 0 Å². The number of hydrogen-bond acceptors (Lipinski definition) is 3. The van der Waals surface area contributed by atoms with Crippen molar-refractivity contribution in [3.8, 4) is 5.75 Å². The van der Waals surface area contributed by atoms with E-state index in [1.807, 2.05) is 24.3 Å². The van der Waals surface area contributed by atoms with E-state index in [0.717, 1.165) is 29.2 Å². The van der Waals surface area contributed by atoms with Gasteiger partial charge in [-0.1, -0.05) is 37.6 Å². The molecule has 134 valence electrons. The highest BCUT2D eigenvalue weighted by Gasteiger charge is 2.28. The van der Waals surface area contributed by atoms with Gasteiger partial charge in [-0.15, -0.1) is 0 Å². The first-order chi connectivity index (χ1) is 12.0. The Hall–Kier alpha value is -1.84. The van der Waals surface area contributed by atoms with Crippen LogP contribution in [-0.2, 0) is 12.1 Å². The number of carbonyl (C=O) groups excluding carboxylic acids is 1. The Kier molecular flexibility index (Phi) is 6.63. The molecule has 0 atom stereocenters. The molecule has 4 heteroatoms. The third-order valence-electron chi connectivity index (χ3n) is 4.91. The average Bonchev–Trinajstić information content (AvgIpc) is 2.63. The van der Waals surface area contributed by atoms with Crippen molar-refractivity contribution in [2.45, 2.75) is 45.7 Å². The molecule has 0 amide bonds. The Labute approximate surface area is 155 Å². The maximum Gasteiger partial charge on any atom is 0.159 e. The molecule has 1 N–H and O–H groups in total. The van der Waals surface area contributed by atoms with Gasteiger partial charge in [-0.3, -0.25) is 4.79 Å². The van der Waals surface area contributed by atoms with E-state index in [4.69, 9.17) is 16.3 Å². The number of Topliss-reactive ketones (excluding diaryl/α,β-unsaturated/α-hetero) is 1. The van der Waals surface area contributed by atoms with Gasteiger partial charge in [-0.2, -0.15) is 0 Å². The summed E-state index contributed by atoms with van der Waals surface area (Å²) < 4.78 is 5.47. The minimum atomic E-state index is -0.151. The van der Waals surface area contributed by atoms with Crippen molar-refractivity contribution < 1.29 is 9.53 Å². The lowest BCUT2D eigenvalue weighted by molar-refractivity contribution is 0.101. The molecule has 0 spiro atoms. The second-order valence-electron chi connectivity index (χ2n) is 6.23. The maximum atomic E-state index is 11.7. The SMILES string of the molecule is CCC(CC)(NCc1cc(C(C)=O)ccc1OC)c1ccc(Cl)cc1. The summed E-state index contributed by atoms with van der Waals surface area (Å²) in [4.78, 5) is 11.7. The van der Waals surface area contributed by atoms with Gasteiger partial charge < -0.3 is 10.1 Å². The van der Waals surface area contributed by atoms with Gasteiger partial charge in [-0.25, -0.2) is 0 Å². The second-order valence-corrected chi connectivity index (χ2v) is 6.67. The Balaban J connectivity index is 2.31. The van der Waals surface area contributed by atoms with Gasteiger partial charge >= 0.3 is 0 Å². The van der Waals surface area contributed by atoms with Crippen LogP contribution in [0.25, 0.3) is 0 Å². The molecule has 0 aromatic heterocycles. The summed E-state index contributed by atoms with van der Waals surface area (Å²) in [5.41, 5.74) is 2.74. The molecule has 3 nitrogen and oxygen atoms in total. The summed E-state index contributed by atoms with van der Waals surface area (Å²) in [6.07, 6.45) is 1.89. The zero-order valence-electron chi connectivity index (χ0n) is 15.4. The van der Waals surface area contributed by atoms with E-state index in [9.17, 15) is 4.79 Å². The fourth-order valence-corrected chi connectivity index (χ4v) is 3.31. The Morgan fingerprint density at radius 2 is 1.76 bits per heavy atom. The zero-order chi connectivity index (χ0) is 18.4. The summed E-state index contributed by atoms with van der Waals surface area (Å²) in [7, 11) is 1.65. The molecule has 2 aromatic rings. The summed E-state index contributed by atoms with van der Waals surface area (Å²) in [6.45, 7) is 6.55. The lowest BCUT2D eigenvalue weighted by atomic mass is 9.84. The summed E-state index contributed by atoms with van der Waals surface area (Å²) in [5.74, 6) is 0.841. The predicted molar refractivity (Wildman–Crippen MR) is 104 cm³/mol. The number of benzene rings is 2. The Bertz CT molecular complexity index is 721. The third-order valence-corrected chi connectivity index (χ3v) is 5.16. The number of methoxy groups -OCH3 is 1. The van der Waals surface area contributed by atoms with Gasteiger partial charge in [0.25, 0.3) is 0 Å². The standard InChI is InChI=1S/C21H26ClNO2/c1-5-21(6-2,18-8-10-19(22)11-9-18)23-14-17-13-16(15(3)24)7-12-20(17)25-4/h7-13,23H,5-6,14H2,1-4H3. The minimum Gasteiger partial charge on any atom is -0.496 e. The molecule has 0 aliphatic heterocycles. The third kappa shape index (κ3) is 4.42. The van der Waals surface area contributed by atoms with Crippen LogP contribution in [0.1, 0.15) is 55.1 Å². The molecule has 0 saturated carbocycles. The summed E-state index contributed by atoms with van der Waals surface area (Å²) in [5, 5.41) is 4.43. The van der Waals surface area contributed by atoms with E-state index in [2.05, 4.69) is 31.3 Å². The molecule has 25 heavy (non-hydrogen) atoms. The topological polar surface area (TPSA) is 38.3 Å². The van der Waals surface area contributed by atoms with E-state index in [1.54, 1.807) is 20.1 Å². The molecular weight excluding hydrogens is 334 g/mol. The van der Waals surface area contributed by atoms with Crippen LogP contribution in [0.2, 0.25) is 5.02 Å². The van der Waals surface area contributed by atoms with Crippen LogP contribution in [0.5, 0.6) is 5.75 Å². The maximum absolute atomic E-state index is 11.7. The molecule has 0 fully saturated rings. The average molecular weight is 360 g/mol. The highest BCUT2D eigenvalue weighted by molar-refractivity contribution is 6.30. The van der Waals surface area contributed by atoms with Gasteiger partial charge in [0.15, 0.2) is 5.78 Å². The number of ketones is 1. The van der Waals surface area contributed by atoms with Crippen LogP contribution < -0.4 is 10.1 Å². The van der Waals surface area contributed by atoms with Crippen molar-refractivity contribution in [2.75, 3.05) is 7.11 Å². The first kappa shape index (κ1) is 19.5. The molecule has 2 rings (SSSR count). The van der Waals surface area contributed by atoms with Crippen molar-refractivity contribution >= 4 is 17.4 Å². The summed E-state index contributed by atoms with van der Waals surface area (Å²) >= 11 is 6.04. The van der Waals surface area contributed by atoms with Crippen LogP contribution in [-0.4, -0.2) is 12.9 Å². The Morgan fingerprint density at radius 3 is 2.28 bits per heavy atom. The molecule has 2 aromatic carbocycles. The van der Waals surface area contributed by atoms with Crippen molar-refractivity contribution in [3.63, 3.8) is 0 Å². The van der Waals surface area contributed by atoms with E-state index in [-0.39, 0.29) is 11.3 Å². The lowest BCUT2D eigenvalue weighted by Gasteiger charge is -2.34. The van der Waals surface area contributed by atoms with Gasteiger partial charge in [0.05, 0.1) is 7.11 Å². The molecule has 0 radical (unpaired) electrons. The smallest absolute Gasteiger partial charge is 0.159 e. The first-order valence-corrected chi connectivity index (χ1v) is 9.02. The van der Waals surface area contributed by atoms with Crippen LogP contribution in [0.3, 0.4) is 0 Å². The number of ether oxygens (including phenoxy) is 1. The van der Waals surface area contributed by atoms with Crippen LogP contribution >= 0.6 is 11.6 Å². The van der Waals surface area contributed by atoms with Crippen LogP contribution in [0.4, 0.5) is 0 Å². The van der Waals surface area contributed by atoms with Crippen molar-refractivity contribution in [2.24, 2.45) is 0 Å². The van der Waals surface area contributed by atoms with Crippen molar-refractivity contribution in [1.82, 2.24) is 5.32 Å². The number of carbonyl (C=O) groups is 1. The van der Waals surface area contributed by atoms with Crippen LogP contribution in [0, 0.1) is 0 Å². The largest absolute Gasteiger partial charge is 0.496 e. The second kappa shape index (κ2) is 8.50. The fraction of sp³-hybridized carbons (Fsp3) is 0.381. The Morgan fingerprint density at radius 1 is 1.12 bits per heavy atom. The summed E-state index contributed by atoms with van der Waals surface area (Å²) in [6, 6.07) is 13.6. The quantitative estimate of drug-likeness (QED) is 0.645. The van der Waals surface area contributed by atoms with E-state index >= 15 is 0 Å².